The quantitative estimate of drug-likeness (QED) is 0.171. The number of rotatable bonds is 10. The van der Waals surface area contributed by atoms with E-state index in [-0.39, 0.29) is 0 Å². The van der Waals surface area contributed by atoms with Gasteiger partial charge in [-0.05, 0) is 60.7 Å². The zero-order chi connectivity index (χ0) is 29.1. The largest absolute Gasteiger partial charge is 0.497 e. The third-order valence-corrected chi connectivity index (χ3v) is 8.34. The van der Waals surface area contributed by atoms with Gasteiger partial charge in [0.15, 0.2) is 11.6 Å². The van der Waals surface area contributed by atoms with Gasteiger partial charge in [-0.2, -0.15) is 0 Å². The normalized spacial score (nSPS) is 11.2. The molecule has 0 bridgehead atoms. The van der Waals surface area contributed by atoms with Crippen LogP contribution in [0.2, 0.25) is 0 Å². The van der Waals surface area contributed by atoms with Crippen LogP contribution >= 0.6 is 23.5 Å². The second kappa shape index (κ2) is 12.0. The van der Waals surface area contributed by atoms with Crippen LogP contribution < -0.4 is 21.2 Å². The molecule has 14 heteroatoms. The van der Waals surface area contributed by atoms with Crippen LogP contribution in [0.3, 0.4) is 0 Å². The van der Waals surface area contributed by atoms with Crippen molar-refractivity contribution in [2.75, 3.05) is 25.9 Å². The molecular weight excluding hydrogens is 573 g/mol. The van der Waals surface area contributed by atoms with Crippen LogP contribution in [0.4, 0.5) is 0 Å². The van der Waals surface area contributed by atoms with Gasteiger partial charge in [0.1, 0.15) is 11.5 Å². The molecule has 0 unspecified atom stereocenters. The molecule has 0 radical (unpaired) electrons. The first-order valence-corrected chi connectivity index (χ1v) is 14.7. The molecule has 0 fully saturated rings. The van der Waals surface area contributed by atoms with E-state index in [4.69, 9.17) is 31.1 Å². The lowest BCUT2D eigenvalue weighted by Crippen LogP contribution is -2.12. The van der Waals surface area contributed by atoms with Gasteiger partial charge in [0.25, 0.3) is 0 Å². The van der Waals surface area contributed by atoms with Crippen molar-refractivity contribution < 1.29 is 9.47 Å². The minimum Gasteiger partial charge on any atom is -0.497 e. The lowest BCUT2D eigenvalue weighted by atomic mass is 10.2. The summed E-state index contributed by atoms with van der Waals surface area (Å²) in [5.74, 6) is 16.3. The Kier molecular flexibility index (Phi) is 7.79. The van der Waals surface area contributed by atoms with E-state index < -0.39 is 0 Å². The Balaban J connectivity index is 1.22. The number of ether oxygens (including phenoxy) is 2. The summed E-state index contributed by atoms with van der Waals surface area (Å²) in [5.41, 5.74) is 4.88. The lowest BCUT2D eigenvalue weighted by Gasteiger charge is -2.10. The Morgan fingerprint density at radius 1 is 0.595 bits per heavy atom. The molecule has 0 aliphatic carbocycles. The summed E-state index contributed by atoms with van der Waals surface area (Å²) in [6.45, 7) is 0. The molecule has 6 aromatic rings. The summed E-state index contributed by atoms with van der Waals surface area (Å²) in [7, 11) is 3.25. The Hall–Kier alpha value is -4.82. The number of para-hydroxylation sites is 2. The van der Waals surface area contributed by atoms with E-state index >= 15 is 0 Å². The second-order valence-electron chi connectivity index (χ2n) is 8.99. The van der Waals surface area contributed by atoms with Crippen molar-refractivity contribution in [2.45, 2.75) is 21.8 Å². The molecule has 0 atom stereocenters. The van der Waals surface area contributed by atoms with Crippen molar-refractivity contribution in [1.82, 2.24) is 39.7 Å². The van der Waals surface area contributed by atoms with Crippen LogP contribution in [0.15, 0.2) is 83.1 Å². The van der Waals surface area contributed by atoms with Gasteiger partial charge in [-0.25, -0.2) is 19.3 Å². The zero-order valence-corrected chi connectivity index (χ0v) is 24.3. The molecule has 6 rings (SSSR count). The lowest BCUT2D eigenvalue weighted by molar-refractivity contribution is 0.414. The number of hydrogen-bond acceptors (Lipinski definition) is 12. The van der Waals surface area contributed by atoms with Crippen LogP contribution in [0.1, 0.15) is 11.4 Å². The molecule has 212 valence electrons. The van der Waals surface area contributed by atoms with Crippen molar-refractivity contribution in [1.29, 1.82) is 0 Å². The van der Waals surface area contributed by atoms with E-state index in [9.17, 15) is 0 Å². The number of thioether (sulfide) groups is 2. The predicted octanol–water partition coefficient (Wildman–Crippen LogP) is 4.18. The van der Waals surface area contributed by atoms with Crippen molar-refractivity contribution in [3.05, 3.63) is 84.2 Å². The average molecular weight is 599 g/mol. The summed E-state index contributed by atoms with van der Waals surface area (Å²) in [5, 5.41) is 18.3. The van der Waals surface area contributed by atoms with Gasteiger partial charge in [0.05, 0.1) is 36.6 Å². The summed E-state index contributed by atoms with van der Waals surface area (Å²) < 4.78 is 13.4. The highest BCUT2D eigenvalue weighted by Gasteiger charge is 2.18. The van der Waals surface area contributed by atoms with Gasteiger partial charge in [0.2, 0.25) is 10.3 Å². The average Bonchev–Trinajstić information content (AvgIpc) is 3.59. The fraction of sp³-hybridized carbons (Fsp3) is 0.143. The minimum absolute atomic E-state index is 0.484. The van der Waals surface area contributed by atoms with Gasteiger partial charge in [-0.15, -0.1) is 20.4 Å². The van der Waals surface area contributed by atoms with Crippen LogP contribution in [-0.2, 0) is 11.5 Å². The van der Waals surface area contributed by atoms with Crippen molar-refractivity contribution >= 4 is 34.6 Å². The highest BCUT2D eigenvalue weighted by Crippen LogP contribution is 2.30. The van der Waals surface area contributed by atoms with E-state index in [2.05, 4.69) is 20.4 Å². The number of methoxy groups -OCH3 is 2. The smallest absolute Gasteiger partial charge is 0.210 e. The predicted molar refractivity (Wildman–Crippen MR) is 163 cm³/mol. The monoisotopic (exact) mass is 598 g/mol. The molecule has 0 saturated heterocycles. The van der Waals surface area contributed by atoms with E-state index in [0.717, 1.165) is 45.0 Å². The zero-order valence-electron chi connectivity index (χ0n) is 22.7. The number of benzene rings is 3. The first kappa shape index (κ1) is 27.4. The Bertz CT molecular complexity index is 1700. The molecule has 4 N–H and O–H groups in total. The maximum absolute atomic E-state index is 6.38. The van der Waals surface area contributed by atoms with E-state index in [1.165, 1.54) is 32.9 Å². The minimum atomic E-state index is 0.484. The standard InChI is InChI=1S/C28H26N10O2S2/c1-39-19-11-7-17(8-12-19)25-33-35-27(37(25)29)41-15-23-24(32-22-6-4-3-5-21(22)31-23)16-42-28-36-34-26(38(28)30)18-9-13-20(40-2)14-10-18/h3-14H,15-16,29-30H2,1-2H3. The number of fused-ring (bicyclic) bond motifs is 1. The van der Waals surface area contributed by atoms with Gasteiger partial charge < -0.3 is 21.2 Å². The maximum Gasteiger partial charge on any atom is 0.210 e. The third kappa shape index (κ3) is 5.53. The maximum atomic E-state index is 6.38. The number of nitrogen functional groups attached to an aromatic ring is 2. The van der Waals surface area contributed by atoms with Gasteiger partial charge in [-0.1, -0.05) is 35.7 Å². The van der Waals surface area contributed by atoms with E-state index in [0.29, 0.717) is 33.5 Å². The summed E-state index contributed by atoms with van der Waals surface area (Å²) in [6, 6.07) is 22.7. The highest BCUT2D eigenvalue weighted by molar-refractivity contribution is 7.98. The number of hydrogen-bond donors (Lipinski definition) is 2. The first-order chi connectivity index (χ1) is 20.5. The Labute approximate surface area is 249 Å². The molecule has 0 spiro atoms. The molecule has 3 aromatic heterocycles. The summed E-state index contributed by atoms with van der Waals surface area (Å²) in [4.78, 5) is 9.83. The number of nitrogens with two attached hydrogens (primary N) is 2. The van der Waals surface area contributed by atoms with Crippen molar-refractivity contribution in [2.24, 2.45) is 0 Å². The Morgan fingerprint density at radius 2 is 1.00 bits per heavy atom. The van der Waals surface area contributed by atoms with E-state index in [1.54, 1.807) is 14.2 Å². The third-order valence-electron chi connectivity index (χ3n) is 6.43. The topological polar surface area (TPSA) is 158 Å². The van der Waals surface area contributed by atoms with Crippen LogP contribution in [-0.4, -0.2) is 53.9 Å². The number of aromatic nitrogens is 8. The van der Waals surface area contributed by atoms with Gasteiger partial charge in [-0.3, -0.25) is 0 Å². The molecule has 0 saturated carbocycles. The molecule has 0 amide bonds. The van der Waals surface area contributed by atoms with Crippen molar-refractivity contribution in [3.8, 4) is 34.3 Å². The fourth-order valence-corrected chi connectivity index (χ4v) is 5.84. The SMILES string of the molecule is COc1ccc(-c2nnc(SCc3nc4ccccc4nc3CSc3nnc(-c4ccc(OC)cc4)n3N)n2N)cc1. The van der Waals surface area contributed by atoms with Crippen LogP contribution in [0, 0.1) is 0 Å². The van der Waals surface area contributed by atoms with Crippen molar-refractivity contribution in [3.63, 3.8) is 0 Å². The highest BCUT2D eigenvalue weighted by atomic mass is 32.2. The number of nitrogens with zero attached hydrogens (tertiary/aromatic N) is 8. The van der Waals surface area contributed by atoms with E-state index in [1.807, 2.05) is 72.8 Å². The molecule has 12 nitrogen and oxygen atoms in total. The fourth-order valence-electron chi connectivity index (χ4n) is 4.19. The summed E-state index contributed by atoms with van der Waals surface area (Å²) in [6.07, 6.45) is 0. The molecule has 0 aliphatic rings. The molecule has 0 aliphatic heterocycles. The van der Waals surface area contributed by atoms with Crippen LogP contribution in [0.25, 0.3) is 33.8 Å². The molecule has 3 heterocycles. The Morgan fingerprint density at radius 3 is 1.38 bits per heavy atom. The first-order valence-electron chi connectivity index (χ1n) is 12.7. The van der Waals surface area contributed by atoms with Gasteiger partial charge >= 0.3 is 0 Å². The second-order valence-corrected chi connectivity index (χ2v) is 10.9. The van der Waals surface area contributed by atoms with Crippen LogP contribution in [0.5, 0.6) is 11.5 Å². The molecule has 42 heavy (non-hydrogen) atoms. The summed E-state index contributed by atoms with van der Waals surface area (Å²) >= 11 is 2.87. The van der Waals surface area contributed by atoms with Gasteiger partial charge in [0, 0.05) is 22.6 Å². The molecule has 3 aromatic carbocycles. The molecular formula is C28H26N10O2S2.